The number of hydrogen-bond acceptors (Lipinski definition) is 2. The standard InChI is InChI=1S/C13H18N2O2/c1-2-6-12(16)15-10-13(17)14-9-11-7-4-3-5-8-11/h3-5,7-8H,2,6,9-10H2,1H3,(H,14,17)(H,15,16). The van der Waals surface area contributed by atoms with Crippen molar-refractivity contribution in [3.05, 3.63) is 35.9 Å². The van der Waals surface area contributed by atoms with E-state index in [9.17, 15) is 9.59 Å². The zero-order chi connectivity index (χ0) is 12.5. The monoisotopic (exact) mass is 234 g/mol. The molecular weight excluding hydrogens is 216 g/mol. The van der Waals surface area contributed by atoms with E-state index in [2.05, 4.69) is 10.6 Å². The van der Waals surface area contributed by atoms with Crippen LogP contribution in [-0.2, 0) is 16.1 Å². The highest BCUT2D eigenvalue weighted by atomic mass is 16.2. The Kier molecular flexibility index (Phi) is 5.79. The third-order valence-electron chi connectivity index (χ3n) is 2.26. The van der Waals surface area contributed by atoms with Crippen LogP contribution >= 0.6 is 0 Å². The van der Waals surface area contributed by atoms with Crippen LogP contribution in [0, 0.1) is 0 Å². The predicted molar refractivity (Wildman–Crippen MR) is 66.2 cm³/mol. The third kappa shape index (κ3) is 5.70. The Labute approximate surface area is 101 Å². The Hall–Kier alpha value is -1.84. The molecule has 0 aliphatic heterocycles. The summed E-state index contributed by atoms with van der Waals surface area (Å²) in [5.41, 5.74) is 1.04. The Balaban J connectivity index is 2.20. The maximum absolute atomic E-state index is 11.4. The number of carbonyl (C=O) groups excluding carboxylic acids is 2. The van der Waals surface area contributed by atoms with Crippen LogP contribution in [0.2, 0.25) is 0 Å². The number of carbonyl (C=O) groups is 2. The lowest BCUT2D eigenvalue weighted by Crippen LogP contribution is -2.36. The zero-order valence-corrected chi connectivity index (χ0v) is 10.0. The van der Waals surface area contributed by atoms with Crippen LogP contribution in [-0.4, -0.2) is 18.4 Å². The fourth-order valence-electron chi connectivity index (χ4n) is 1.35. The molecule has 1 aromatic rings. The first kappa shape index (κ1) is 13.2. The molecule has 4 heteroatoms. The van der Waals surface area contributed by atoms with Gasteiger partial charge in [-0.3, -0.25) is 9.59 Å². The summed E-state index contributed by atoms with van der Waals surface area (Å²) in [7, 11) is 0. The maximum atomic E-state index is 11.4. The molecule has 0 fully saturated rings. The second-order valence-corrected chi connectivity index (χ2v) is 3.79. The molecule has 17 heavy (non-hydrogen) atoms. The molecular formula is C13H18N2O2. The molecule has 0 heterocycles. The minimum Gasteiger partial charge on any atom is -0.350 e. The number of nitrogens with one attached hydrogen (secondary N) is 2. The van der Waals surface area contributed by atoms with E-state index in [1.807, 2.05) is 37.3 Å². The van der Waals surface area contributed by atoms with Crippen molar-refractivity contribution in [2.45, 2.75) is 26.3 Å². The van der Waals surface area contributed by atoms with Crippen LogP contribution in [0.5, 0.6) is 0 Å². The summed E-state index contributed by atoms with van der Waals surface area (Å²) in [5.74, 6) is -0.249. The fraction of sp³-hybridized carbons (Fsp3) is 0.385. The van der Waals surface area contributed by atoms with Crippen LogP contribution in [0.1, 0.15) is 25.3 Å². The van der Waals surface area contributed by atoms with Gasteiger partial charge in [-0.1, -0.05) is 37.3 Å². The minimum absolute atomic E-state index is 0.0473. The van der Waals surface area contributed by atoms with E-state index in [4.69, 9.17) is 0 Å². The van der Waals surface area contributed by atoms with Gasteiger partial charge < -0.3 is 10.6 Å². The summed E-state index contributed by atoms with van der Waals surface area (Å²) in [5, 5.41) is 5.31. The van der Waals surface area contributed by atoms with Crippen molar-refractivity contribution in [3.8, 4) is 0 Å². The molecule has 0 radical (unpaired) electrons. The van der Waals surface area contributed by atoms with Crippen LogP contribution in [0.25, 0.3) is 0 Å². The molecule has 0 saturated carbocycles. The fourth-order valence-corrected chi connectivity index (χ4v) is 1.35. The lowest BCUT2D eigenvalue weighted by molar-refractivity contribution is -0.126. The average Bonchev–Trinajstić information content (AvgIpc) is 2.35. The Morgan fingerprint density at radius 1 is 1.06 bits per heavy atom. The molecule has 4 nitrogen and oxygen atoms in total. The van der Waals surface area contributed by atoms with Crippen LogP contribution in [0.3, 0.4) is 0 Å². The van der Waals surface area contributed by atoms with Gasteiger partial charge in [-0.2, -0.15) is 0 Å². The quantitative estimate of drug-likeness (QED) is 0.777. The van der Waals surface area contributed by atoms with E-state index in [0.717, 1.165) is 12.0 Å². The maximum Gasteiger partial charge on any atom is 0.239 e. The first-order chi connectivity index (χ1) is 8.22. The summed E-state index contributed by atoms with van der Waals surface area (Å²) in [4.78, 5) is 22.5. The molecule has 1 aromatic carbocycles. The van der Waals surface area contributed by atoms with Gasteiger partial charge in [0.25, 0.3) is 0 Å². The van der Waals surface area contributed by atoms with Gasteiger partial charge in [-0.15, -0.1) is 0 Å². The van der Waals surface area contributed by atoms with E-state index >= 15 is 0 Å². The van der Waals surface area contributed by atoms with Gasteiger partial charge in [-0.05, 0) is 12.0 Å². The largest absolute Gasteiger partial charge is 0.350 e. The van der Waals surface area contributed by atoms with E-state index in [0.29, 0.717) is 13.0 Å². The lowest BCUT2D eigenvalue weighted by atomic mass is 10.2. The van der Waals surface area contributed by atoms with Crippen molar-refractivity contribution >= 4 is 11.8 Å². The molecule has 0 unspecified atom stereocenters. The van der Waals surface area contributed by atoms with E-state index < -0.39 is 0 Å². The van der Waals surface area contributed by atoms with Crippen molar-refractivity contribution < 1.29 is 9.59 Å². The van der Waals surface area contributed by atoms with Crippen molar-refractivity contribution in [2.75, 3.05) is 6.54 Å². The predicted octanol–water partition coefficient (Wildman–Crippen LogP) is 1.22. The summed E-state index contributed by atoms with van der Waals surface area (Å²) >= 11 is 0. The van der Waals surface area contributed by atoms with Gasteiger partial charge in [0, 0.05) is 13.0 Å². The van der Waals surface area contributed by atoms with Gasteiger partial charge >= 0.3 is 0 Å². The highest BCUT2D eigenvalue weighted by Crippen LogP contribution is 1.96. The number of hydrogen-bond donors (Lipinski definition) is 2. The molecule has 0 bridgehead atoms. The zero-order valence-electron chi connectivity index (χ0n) is 10.0. The van der Waals surface area contributed by atoms with Crippen LogP contribution in [0.15, 0.2) is 30.3 Å². The molecule has 0 spiro atoms. The van der Waals surface area contributed by atoms with Gasteiger partial charge in [0.1, 0.15) is 0 Å². The lowest BCUT2D eigenvalue weighted by Gasteiger charge is -2.06. The van der Waals surface area contributed by atoms with Crippen molar-refractivity contribution in [1.82, 2.24) is 10.6 Å². The molecule has 0 atom stereocenters. The summed E-state index contributed by atoms with van der Waals surface area (Å²) in [6.07, 6.45) is 1.25. The number of rotatable bonds is 6. The molecule has 0 aromatic heterocycles. The van der Waals surface area contributed by atoms with Crippen LogP contribution in [0.4, 0.5) is 0 Å². The molecule has 92 valence electrons. The molecule has 2 N–H and O–H groups in total. The smallest absolute Gasteiger partial charge is 0.239 e. The number of amides is 2. The second kappa shape index (κ2) is 7.44. The van der Waals surface area contributed by atoms with Gasteiger partial charge in [0.05, 0.1) is 6.54 Å². The third-order valence-corrected chi connectivity index (χ3v) is 2.26. The van der Waals surface area contributed by atoms with Gasteiger partial charge in [0.15, 0.2) is 0 Å². The Morgan fingerprint density at radius 2 is 1.76 bits per heavy atom. The van der Waals surface area contributed by atoms with Crippen LogP contribution < -0.4 is 10.6 Å². The van der Waals surface area contributed by atoms with Crippen molar-refractivity contribution in [2.24, 2.45) is 0 Å². The van der Waals surface area contributed by atoms with Crippen molar-refractivity contribution in [1.29, 1.82) is 0 Å². The topological polar surface area (TPSA) is 58.2 Å². The Morgan fingerprint density at radius 3 is 2.41 bits per heavy atom. The highest BCUT2D eigenvalue weighted by molar-refractivity contribution is 5.84. The summed E-state index contributed by atoms with van der Waals surface area (Å²) < 4.78 is 0. The van der Waals surface area contributed by atoms with E-state index in [1.54, 1.807) is 0 Å². The minimum atomic E-state index is -0.168. The summed E-state index contributed by atoms with van der Waals surface area (Å²) in [6.45, 7) is 2.46. The molecule has 0 aliphatic carbocycles. The second-order valence-electron chi connectivity index (χ2n) is 3.79. The normalized spacial score (nSPS) is 9.71. The van der Waals surface area contributed by atoms with E-state index in [-0.39, 0.29) is 18.4 Å². The van der Waals surface area contributed by atoms with E-state index in [1.165, 1.54) is 0 Å². The Bertz CT molecular complexity index is 363. The molecule has 0 saturated heterocycles. The average molecular weight is 234 g/mol. The molecule has 0 aliphatic rings. The highest BCUT2D eigenvalue weighted by Gasteiger charge is 2.03. The van der Waals surface area contributed by atoms with Gasteiger partial charge in [0.2, 0.25) is 11.8 Å². The van der Waals surface area contributed by atoms with Gasteiger partial charge in [-0.25, -0.2) is 0 Å². The molecule has 1 rings (SSSR count). The number of benzene rings is 1. The molecule has 2 amide bonds. The van der Waals surface area contributed by atoms with Crippen molar-refractivity contribution in [3.63, 3.8) is 0 Å². The first-order valence-electron chi connectivity index (χ1n) is 5.79. The SMILES string of the molecule is CCCC(=O)NCC(=O)NCc1ccccc1. The summed E-state index contributed by atoms with van der Waals surface area (Å²) in [6, 6.07) is 9.65. The first-order valence-corrected chi connectivity index (χ1v) is 5.79.